The Morgan fingerprint density at radius 1 is 0.878 bits per heavy atom. The maximum atomic E-state index is 10.3. The van der Waals surface area contributed by atoms with E-state index in [2.05, 4.69) is 122 Å². The molecule has 0 aliphatic carbocycles. The van der Waals surface area contributed by atoms with Gasteiger partial charge in [-0.15, -0.1) is 6.58 Å². The topological polar surface area (TPSA) is 63.8 Å². The predicted molar refractivity (Wildman–Crippen MR) is 173 cm³/mol. The molecule has 2 heterocycles. The molecule has 5 nitrogen and oxygen atoms in total. The molecule has 7 heteroatoms. The molecule has 0 bridgehead atoms. The molecule has 2 aromatic rings. The van der Waals surface area contributed by atoms with Crippen molar-refractivity contribution in [2.24, 2.45) is 0 Å². The lowest BCUT2D eigenvalue weighted by molar-refractivity contribution is 0.126. The van der Waals surface area contributed by atoms with Gasteiger partial charge in [-0.25, -0.2) is 0 Å². The Labute approximate surface area is 250 Å². The van der Waals surface area contributed by atoms with Crippen LogP contribution in [0, 0.1) is 0 Å². The molecular weight excluding hydrogens is 545 g/mol. The van der Waals surface area contributed by atoms with Gasteiger partial charge in [-0.2, -0.15) is 0 Å². The van der Waals surface area contributed by atoms with Crippen molar-refractivity contribution in [2.75, 3.05) is 6.61 Å². The lowest BCUT2D eigenvalue weighted by Crippen LogP contribution is -2.66. The van der Waals surface area contributed by atoms with E-state index in [1.807, 2.05) is 0 Å². The third-order valence-corrected chi connectivity index (χ3v) is 18.8. The molecule has 0 unspecified atom stereocenters. The van der Waals surface area contributed by atoms with E-state index in [0.717, 1.165) is 12.8 Å². The molecule has 2 saturated heterocycles. The molecule has 1 N–H and O–H groups in total. The van der Waals surface area contributed by atoms with Gasteiger partial charge in [0.2, 0.25) is 0 Å². The third-order valence-electron chi connectivity index (χ3n) is 9.23. The van der Waals surface area contributed by atoms with Gasteiger partial charge in [-0.1, -0.05) is 108 Å². The molecule has 41 heavy (non-hydrogen) atoms. The lowest BCUT2D eigenvalue weighted by Gasteiger charge is -2.44. The zero-order valence-corrected chi connectivity index (χ0v) is 28.4. The Morgan fingerprint density at radius 2 is 1.44 bits per heavy atom. The minimum absolute atomic E-state index is 0.0272. The second-order valence-electron chi connectivity index (χ2n) is 14.3. The maximum absolute atomic E-state index is 10.3. The fraction of sp³-hybridized carbons (Fsp3) is 0.588. The number of benzene rings is 2. The van der Waals surface area contributed by atoms with Gasteiger partial charge in [-0.3, -0.25) is 0 Å². The smallest absolute Gasteiger partial charge is 0.261 e. The van der Waals surface area contributed by atoms with Gasteiger partial charge in [0.25, 0.3) is 8.32 Å². The van der Waals surface area contributed by atoms with Gasteiger partial charge in [-0.05, 0) is 46.4 Å². The number of ether oxygens (including phenoxy) is 2. The molecule has 0 aromatic heterocycles. The number of aliphatic hydroxyl groups excluding tert-OH is 1. The second-order valence-corrected chi connectivity index (χ2v) is 23.4. The summed E-state index contributed by atoms with van der Waals surface area (Å²) >= 11 is 0. The summed E-state index contributed by atoms with van der Waals surface area (Å²) in [7, 11) is -4.64. The molecule has 2 fully saturated rings. The normalized spacial score (nSPS) is 24.5. The molecule has 2 aromatic carbocycles. The van der Waals surface area contributed by atoms with Crippen molar-refractivity contribution in [3.8, 4) is 0 Å². The molecule has 4 rings (SSSR count). The van der Waals surface area contributed by atoms with Gasteiger partial charge in [0.1, 0.15) is 18.3 Å². The minimum atomic E-state index is -2.62. The Balaban J connectivity index is 1.52. The van der Waals surface area contributed by atoms with E-state index >= 15 is 0 Å². The van der Waals surface area contributed by atoms with Crippen LogP contribution in [0.4, 0.5) is 0 Å². The number of hydrogen-bond acceptors (Lipinski definition) is 5. The average molecular weight is 597 g/mol. The lowest BCUT2D eigenvalue weighted by atomic mass is 10.0. The Hall–Kier alpha value is -1.59. The van der Waals surface area contributed by atoms with Crippen molar-refractivity contribution in [1.82, 2.24) is 0 Å². The number of hydrogen-bond donors (Lipinski definition) is 1. The van der Waals surface area contributed by atoms with Crippen molar-refractivity contribution in [3.05, 3.63) is 73.3 Å². The molecule has 0 amide bonds. The van der Waals surface area contributed by atoms with Crippen molar-refractivity contribution < 1.29 is 23.4 Å². The largest absolute Gasteiger partial charge is 0.414 e. The van der Waals surface area contributed by atoms with Crippen LogP contribution in [0.15, 0.2) is 73.3 Å². The van der Waals surface area contributed by atoms with Crippen LogP contribution in [0.25, 0.3) is 0 Å². The molecule has 0 spiro atoms. The van der Waals surface area contributed by atoms with E-state index in [-0.39, 0.29) is 40.6 Å². The van der Waals surface area contributed by atoms with Gasteiger partial charge in [0.05, 0.1) is 12.2 Å². The highest BCUT2D eigenvalue weighted by Crippen LogP contribution is 2.44. The highest BCUT2D eigenvalue weighted by molar-refractivity contribution is 6.99. The van der Waals surface area contributed by atoms with Crippen LogP contribution in [-0.2, 0) is 18.3 Å². The summed E-state index contributed by atoms with van der Waals surface area (Å²) in [5, 5.41) is 12.9. The van der Waals surface area contributed by atoms with E-state index in [1.165, 1.54) is 10.4 Å². The van der Waals surface area contributed by atoms with Gasteiger partial charge >= 0.3 is 0 Å². The Bertz CT molecular complexity index is 1090. The van der Waals surface area contributed by atoms with E-state index in [9.17, 15) is 5.11 Å². The highest BCUT2D eigenvalue weighted by Gasteiger charge is 2.59. The molecule has 0 saturated carbocycles. The zero-order chi connectivity index (χ0) is 30.1. The van der Waals surface area contributed by atoms with Crippen molar-refractivity contribution in [3.63, 3.8) is 0 Å². The first kappa shape index (κ1) is 32.3. The fourth-order valence-corrected chi connectivity index (χ4v) is 11.8. The standard InChI is InChI=1S/C34H52O5Si2/c1-10-17-28(35)30-32(38-30)31-29(37-31)24-25(39-40(8,9)33(2,3)4)22-23-36-41(34(5,6)7,26-18-13-11-14-19-26)27-20-15-12-16-21-27/h10-16,18-21,25,28-32,35H,1,17,22-24H2,2-9H3/t25-,28+,29+,30+,31+,32-/m1/s1. The van der Waals surface area contributed by atoms with Crippen molar-refractivity contribution in [1.29, 1.82) is 0 Å². The van der Waals surface area contributed by atoms with E-state index in [0.29, 0.717) is 13.0 Å². The van der Waals surface area contributed by atoms with Crippen molar-refractivity contribution >= 4 is 27.0 Å². The first-order valence-corrected chi connectivity index (χ1v) is 20.1. The van der Waals surface area contributed by atoms with Crippen LogP contribution in [-0.4, -0.2) is 65.0 Å². The van der Waals surface area contributed by atoms with E-state index in [1.54, 1.807) is 6.08 Å². The van der Waals surface area contributed by atoms with Crippen LogP contribution in [0.5, 0.6) is 0 Å². The predicted octanol–water partition coefficient (Wildman–Crippen LogP) is 6.21. The van der Waals surface area contributed by atoms with Crippen LogP contribution < -0.4 is 10.4 Å². The van der Waals surface area contributed by atoms with Crippen molar-refractivity contribution in [2.45, 2.75) is 121 Å². The summed E-state index contributed by atoms with van der Waals surface area (Å²) in [6.07, 6.45) is 3.34. The summed E-state index contributed by atoms with van der Waals surface area (Å²) < 4.78 is 26.2. The zero-order valence-electron chi connectivity index (χ0n) is 26.4. The molecule has 0 radical (unpaired) electrons. The Kier molecular flexibility index (Phi) is 9.91. The summed E-state index contributed by atoms with van der Waals surface area (Å²) in [6.45, 7) is 22.8. The minimum Gasteiger partial charge on any atom is -0.414 e. The number of epoxide rings is 2. The average Bonchev–Trinajstić information content (AvgIpc) is 3.81. The Morgan fingerprint density at radius 3 is 1.93 bits per heavy atom. The first-order valence-electron chi connectivity index (χ1n) is 15.2. The summed E-state index contributed by atoms with van der Waals surface area (Å²) in [5.74, 6) is 0. The molecular formula is C34H52O5Si2. The SMILES string of the molecule is C=CC[C@H](O)[C@@H]1O[C@H]1[C@H]1O[C@H]1C[C@@H](CCO[Si](c1ccccc1)(c1ccccc1)C(C)(C)C)O[Si](C)(C)C(C)(C)C. The number of rotatable bonds is 14. The van der Waals surface area contributed by atoms with Crippen LogP contribution in [0.3, 0.4) is 0 Å². The molecule has 2 aliphatic heterocycles. The summed E-state index contributed by atoms with van der Waals surface area (Å²) in [4.78, 5) is 0. The molecule has 2 aliphatic rings. The molecule has 6 atom stereocenters. The van der Waals surface area contributed by atoms with Crippen LogP contribution >= 0.6 is 0 Å². The first-order chi connectivity index (χ1) is 19.2. The van der Waals surface area contributed by atoms with E-state index < -0.39 is 22.7 Å². The second kappa shape index (κ2) is 12.6. The highest BCUT2D eigenvalue weighted by atomic mass is 28.4. The quantitative estimate of drug-likeness (QED) is 0.160. The third kappa shape index (κ3) is 7.32. The van der Waals surface area contributed by atoms with Gasteiger partial charge in [0.15, 0.2) is 8.32 Å². The molecule has 226 valence electrons. The summed E-state index contributed by atoms with van der Waals surface area (Å²) in [6, 6.07) is 21.6. The van der Waals surface area contributed by atoms with Crippen LogP contribution in [0.1, 0.15) is 60.8 Å². The maximum Gasteiger partial charge on any atom is 0.261 e. The van der Waals surface area contributed by atoms with Crippen LogP contribution in [0.2, 0.25) is 23.2 Å². The van der Waals surface area contributed by atoms with Gasteiger partial charge < -0.3 is 23.4 Å². The summed E-state index contributed by atoms with van der Waals surface area (Å²) in [5.41, 5.74) is 0. The van der Waals surface area contributed by atoms with Gasteiger partial charge in [0, 0.05) is 19.1 Å². The fourth-order valence-electron chi connectivity index (χ4n) is 5.83. The van der Waals surface area contributed by atoms with E-state index in [4.69, 9.17) is 18.3 Å². The monoisotopic (exact) mass is 596 g/mol. The number of aliphatic hydroxyl groups is 1.